The third-order valence-electron chi connectivity index (χ3n) is 5.34. The second-order valence-corrected chi connectivity index (χ2v) is 6.44. The van der Waals surface area contributed by atoms with E-state index in [4.69, 9.17) is 19.9 Å². The van der Waals surface area contributed by atoms with Gasteiger partial charge in [-0.1, -0.05) is 12.1 Å². The summed E-state index contributed by atoms with van der Waals surface area (Å²) in [7, 11) is 1.58. The Morgan fingerprint density at radius 1 is 1.29 bits per heavy atom. The van der Waals surface area contributed by atoms with Gasteiger partial charge in [0.15, 0.2) is 10.8 Å². The van der Waals surface area contributed by atoms with Crippen LogP contribution >= 0.6 is 0 Å². The Labute approximate surface area is 139 Å². The predicted octanol–water partition coefficient (Wildman–Crippen LogP) is -0.647. The van der Waals surface area contributed by atoms with Crippen LogP contribution in [0.15, 0.2) is 24.3 Å². The van der Waals surface area contributed by atoms with E-state index in [-0.39, 0.29) is 11.9 Å². The molecule has 4 rings (SSSR count). The summed E-state index contributed by atoms with van der Waals surface area (Å²) < 4.78 is 16.9. The molecule has 2 aliphatic heterocycles. The predicted molar refractivity (Wildman–Crippen MR) is 81.2 cm³/mol. The number of benzene rings is 1. The molecule has 0 bridgehead atoms. The highest BCUT2D eigenvalue weighted by Crippen LogP contribution is 2.79. The average molecular weight is 325 g/mol. The number of hydrogen-bond donors (Lipinski definition) is 2. The molecule has 7 nitrogen and oxygen atoms in total. The lowest BCUT2D eigenvalue weighted by Crippen LogP contribution is -2.90. The van der Waals surface area contributed by atoms with Gasteiger partial charge in [0.2, 0.25) is 0 Å². The molecule has 1 aromatic rings. The molecule has 0 radical (unpaired) electrons. The Hall–Kier alpha value is -2.61. The summed E-state index contributed by atoms with van der Waals surface area (Å²) in [4.78, 5) is 2.95. The van der Waals surface area contributed by atoms with Gasteiger partial charge in [0.1, 0.15) is 5.75 Å². The molecule has 2 fully saturated rings. The van der Waals surface area contributed by atoms with Crippen molar-refractivity contribution < 1.29 is 19.2 Å². The zero-order valence-electron chi connectivity index (χ0n) is 13.4. The quantitative estimate of drug-likeness (QED) is 0.747. The molecule has 1 aromatic carbocycles. The van der Waals surface area contributed by atoms with Gasteiger partial charge in [-0.3, -0.25) is 5.73 Å². The third-order valence-corrected chi connectivity index (χ3v) is 5.34. The van der Waals surface area contributed by atoms with Crippen LogP contribution in [0.4, 0.5) is 0 Å². The molecule has 0 unspecified atom stereocenters. The van der Waals surface area contributed by atoms with Crippen LogP contribution in [0.5, 0.6) is 5.75 Å². The lowest BCUT2D eigenvalue weighted by Gasteiger charge is -2.24. The summed E-state index contributed by atoms with van der Waals surface area (Å²) in [6.07, 6.45) is -0.192. The van der Waals surface area contributed by atoms with Gasteiger partial charge < -0.3 is 14.2 Å². The fourth-order valence-corrected chi connectivity index (χ4v) is 4.26. The summed E-state index contributed by atoms with van der Waals surface area (Å²) in [5.74, 6) is -0.891. The van der Waals surface area contributed by atoms with Crippen LogP contribution in [0.3, 0.4) is 0 Å². The van der Waals surface area contributed by atoms with Crippen molar-refractivity contribution in [3.05, 3.63) is 29.8 Å². The van der Waals surface area contributed by atoms with Crippen molar-refractivity contribution in [2.24, 2.45) is 16.6 Å². The number of ether oxygens (including phenoxy) is 3. The summed E-state index contributed by atoms with van der Waals surface area (Å²) >= 11 is 0. The number of amidine groups is 1. The van der Waals surface area contributed by atoms with E-state index in [1.165, 1.54) is 0 Å². The van der Waals surface area contributed by atoms with E-state index in [9.17, 15) is 10.5 Å². The van der Waals surface area contributed by atoms with Gasteiger partial charge in [0.05, 0.1) is 32.0 Å². The maximum Gasteiger partial charge on any atom is 0.343 e. The first-order valence-electron chi connectivity index (χ1n) is 7.70. The van der Waals surface area contributed by atoms with Gasteiger partial charge in [0.25, 0.3) is 5.84 Å². The fraction of sp³-hybridized carbons (Fsp3) is 0.471. The van der Waals surface area contributed by atoms with E-state index in [0.29, 0.717) is 12.4 Å². The highest BCUT2D eigenvalue weighted by Gasteiger charge is 2.97. The molecule has 122 valence electrons. The maximum absolute atomic E-state index is 10.0. The fourth-order valence-electron chi connectivity index (χ4n) is 4.26. The molecule has 0 amide bonds. The molecule has 3 N–H and O–H groups in total. The van der Waals surface area contributed by atoms with E-state index in [1.807, 2.05) is 19.1 Å². The van der Waals surface area contributed by atoms with Gasteiger partial charge in [-0.05, 0) is 24.6 Å². The Morgan fingerprint density at radius 3 is 2.50 bits per heavy atom. The van der Waals surface area contributed by atoms with Crippen LogP contribution in [0.2, 0.25) is 0 Å². The SMILES string of the molecule is COc1ccc([C@H]2[C@@]3(C#N)[C@]4([NH+]=C(N)[C@@]23C#N)OC[C@H](C)O4)cc1. The van der Waals surface area contributed by atoms with Crippen LogP contribution in [-0.4, -0.2) is 31.6 Å². The van der Waals surface area contributed by atoms with Crippen molar-refractivity contribution in [2.45, 2.75) is 24.9 Å². The number of nitrogens with one attached hydrogen (secondary N) is 1. The van der Waals surface area contributed by atoms with E-state index in [2.05, 4.69) is 17.1 Å². The van der Waals surface area contributed by atoms with Crippen molar-refractivity contribution in [3.63, 3.8) is 0 Å². The summed E-state index contributed by atoms with van der Waals surface area (Å²) in [6.45, 7) is 2.19. The lowest BCUT2D eigenvalue weighted by atomic mass is 9.94. The minimum Gasteiger partial charge on any atom is -0.497 e. The topological polar surface area (TPSA) is 115 Å². The minimum absolute atomic E-state index is 0.192. The third kappa shape index (κ3) is 1.36. The zero-order chi connectivity index (χ0) is 17.2. The second kappa shape index (κ2) is 4.47. The molecular formula is C17H17N4O3+. The van der Waals surface area contributed by atoms with E-state index < -0.39 is 22.7 Å². The number of rotatable bonds is 2. The number of nitrogens with zero attached hydrogens (tertiary/aromatic N) is 2. The van der Waals surface area contributed by atoms with E-state index >= 15 is 0 Å². The van der Waals surface area contributed by atoms with Crippen molar-refractivity contribution in [2.75, 3.05) is 13.7 Å². The Balaban J connectivity index is 1.87. The smallest absolute Gasteiger partial charge is 0.343 e. The molecule has 2 heterocycles. The van der Waals surface area contributed by atoms with Crippen LogP contribution in [0, 0.1) is 33.5 Å². The number of nitriles is 2. The largest absolute Gasteiger partial charge is 0.497 e. The summed E-state index contributed by atoms with van der Waals surface area (Å²) in [5.41, 5.74) is 4.58. The second-order valence-electron chi connectivity index (χ2n) is 6.44. The van der Waals surface area contributed by atoms with Crippen molar-refractivity contribution in [1.29, 1.82) is 10.5 Å². The van der Waals surface area contributed by atoms with Crippen LogP contribution in [0.1, 0.15) is 18.4 Å². The van der Waals surface area contributed by atoms with Crippen LogP contribution < -0.4 is 15.5 Å². The molecule has 1 aliphatic carbocycles. The highest BCUT2D eigenvalue weighted by atomic mass is 16.8. The normalized spacial score (nSPS) is 42.1. The van der Waals surface area contributed by atoms with Crippen LogP contribution in [-0.2, 0) is 9.47 Å². The van der Waals surface area contributed by atoms with Gasteiger partial charge >= 0.3 is 5.91 Å². The zero-order valence-corrected chi connectivity index (χ0v) is 13.4. The van der Waals surface area contributed by atoms with Crippen molar-refractivity contribution >= 4 is 5.84 Å². The summed E-state index contributed by atoms with van der Waals surface area (Å²) in [6, 6.07) is 11.9. The van der Waals surface area contributed by atoms with Gasteiger partial charge in [-0.2, -0.15) is 10.5 Å². The van der Waals surface area contributed by atoms with Gasteiger partial charge in [0, 0.05) is 5.92 Å². The number of fused-ring (bicyclic) bond motifs is 2. The van der Waals surface area contributed by atoms with Crippen LogP contribution in [0.25, 0.3) is 0 Å². The van der Waals surface area contributed by atoms with Crippen molar-refractivity contribution in [3.8, 4) is 17.9 Å². The number of hydrogen-bond acceptors (Lipinski definition) is 6. The standard InChI is InChI=1S/C17H16N4O3/c1-10-7-23-17(24-10)16(9-19)13(15(16,8-18)14(20)21-17)11-3-5-12(22-2)6-4-11/h3-6,10,13H,7H2,1-2H3,(H2,20,21)/p+1/t10-,13+,15+,16+,17-/m0/s1. The van der Waals surface area contributed by atoms with Gasteiger partial charge in [-0.15, -0.1) is 0 Å². The van der Waals surface area contributed by atoms with E-state index in [0.717, 1.165) is 5.56 Å². The van der Waals surface area contributed by atoms with Gasteiger partial charge in [-0.25, -0.2) is 4.99 Å². The first-order valence-corrected chi connectivity index (χ1v) is 7.70. The Kier molecular flexibility index (Phi) is 2.79. The van der Waals surface area contributed by atoms with E-state index in [1.54, 1.807) is 19.2 Å². The highest BCUT2D eigenvalue weighted by molar-refractivity contribution is 5.95. The molecule has 1 saturated heterocycles. The number of methoxy groups -OCH3 is 1. The molecule has 5 atom stereocenters. The average Bonchev–Trinajstić information content (AvgIpc) is 2.99. The lowest BCUT2D eigenvalue weighted by molar-refractivity contribution is -0.677. The Morgan fingerprint density at radius 2 is 2.00 bits per heavy atom. The molecule has 7 heteroatoms. The Bertz CT molecular complexity index is 824. The first-order chi connectivity index (χ1) is 11.5. The molecular weight excluding hydrogens is 308 g/mol. The maximum atomic E-state index is 10.0. The monoisotopic (exact) mass is 325 g/mol. The molecule has 24 heavy (non-hydrogen) atoms. The van der Waals surface area contributed by atoms with Crippen molar-refractivity contribution in [1.82, 2.24) is 0 Å². The minimum atomic E-state index is -1.38. The first kappa shape index (κ1) is 14.9. The number of nitrogens with two attached hydrogens (primary N) is 1. The molecule has 3 aliphatic rings. The molecule has 0 aromatic heterocycles. The molecule has 1 spiro atoms. The molecule has 1 saturated carbocycles. The summed E-state index contributed by atoms with van der Waals surface area (Å²) in [5, 5.41) is 19.9.